The van der Waals surface area contributed by atoms with Crippen LogP contribution in [0.2, 0.25) is 0 Å². The summed E-state index contributed by atoms with van der Waals surface area (Å²) in [6.07, 6.45) is 0. The van der Waals surface area contributed by atoms with Crippen LogP contribution in [0.3, 0.4) is 0 Å². The maximum atomic E-state index is 10.9. The molecule has 0 bridgehead atoms. The van der Waals surface area contributed by atoms with Gasteiger partial charge in [-0.05, 0) is 19.1 Å². The van der Waals surface area contributed by atoms with Gasteiger partial charge in [-0.3, -0.25) is 0 Å². The van der Waals surface area contributed by atoms with E-state index in [1.807, 2.05) is 0 Å². The number of aliphatic hydroxyl groups is 1. The number of carboxylic acids is 1. The third-order valence-corrected chi connectivity index (χ3v) is 2.14. The molecule has 0 amide bonds. The van der Waals surface area contributed by atoms with Gasteiger partial charge in [0, 0.05) is 12.8 Å². The monoisotopic (exact) mass is 240 g/mol. The van der Waals surface area contributed by atoms with E-state index < -0.39 is 5.97 Å². The number of aliphatic hydroxyl groups excluding tert-OH is 1. The standard InChI is InChI=1S/C11H16N2O4/c1-7-3-8(11(15)16)4-10(12-7)13-9(5-14)6-17-2/h3-4,9,14H,5-6H2,1-2H3,(H,12,13)(H,15,16). The van der Waals surface area contributed by atoms with Gasteiger partial charge in [0.25, 0.3) is 0 Å². The summed E-state index contributed by atoms with van der Waals surface area (Å²) in [4.78, 5) is 15.0. The molecule has 1 rings (SSSR count). The van der Waals surface area contributed by atoms with Gasteiger partial charge in [-0.2, -0.15) is 0 Å². The maximum Gasteiger partial charge on any atom is 0.335 e. The molecule has 1 heterocycles. The quantitative estimate of drug-likeness (QED) is 0.671. The fourth-order valence-electron chi connectivity index (χ4n) is 1.42. The Morgan fingerprint density at radius 3 is 2.82 bits per heavy atom. The lowest BCUT2D eigenvalue weighted by Gasteiger charge is -2.16. The Bertz CT molecular complexity index is 395. The van der Waals surface area contributed by atoms with Crippen LogP contribution in [0.5, 0.6) is 0 Å². The average molecular weight is 240 g/mol. The normalized spacial score (nSPS) is 12.2. The Morgan fingerprint density at radius 2 is 2.29 bits per heavy atom. The number of aromatic nitrogens is 1. The second-order valence-corrected chi connectivity index (χ2v) is 3.67. The number of hydrogen-bond donors (Lipinski definition) is 3. The fourth-order valence-corrected chi connectivity index (χ4v) is 1.42. The van der Waals surface area contributed by atoms with Crippen molar-refractivity contribution in [1.82, 2.24) is 4.98 Å². The van der Waals surface area contributed by atoms with Crippen molar-refractivity contribution in [2.45, 2.75) is 13.0 Å². The van der Waals surface area contributed by atoms with Gasteiger partial charge in [-0.15, -0.1) is 0 Å². The largest absolute Gasteiger partial charge is 0.478 e. The minimum absolute atomic E-state index is 0.119. The Labute approximate surface area is 99.3 Å². The molecule has 1 unspecified atom stereocenters. The summed E-state index contributed by atoms with van der Waals surface area (Å²) >= 11 is 0. The number of pyridine rings is 1. The number of carboxylic acid groups (broad SMARTS) is 1. The van der Waals surface area contributed by atoms with E-state index in [2.05, 4.69) is 10.3 Å². The first kappa shape index (κ1) is 13.4. The van der Waals surface area contributed by atoms with Crippen molar-refractivity contribution in [1.29, 1.82) is 0 Å². The second-order valence-electron chi connectivity index (χ2n) is 3.67. The smallest absolute Gasteiger partial charge is 0.335 e. The molecule has 0 aliphatic rings. The summed E-state index contributed by atoms with van der Waals surface area (Å²) in [6.45, 7) is 1.91. The molecule has 0 spiro atoms. The van der Waals surface area contributed by atoms with Gasteiger partial charge in [0.2, 0.25) is 0 Å². The minimum atomic E-state index is -1.01. The Morgan fingerprint density at radius 1 is 1.59 bits per heavy atom. The number of nitrogens with one attached hydrogen (secondary N) is 1. The molecule has 6 heteroatoms. The Balaban J connectivity index is 2.86. The lowest BCUT2D eigenvalue weighted by Crippen LogP contribution is -2.29. The molecule has 0 fully saturated rings. The summed E-state index contributed by atoms with van der Waals surface area (Å²) in [5, 5.41) is 20.9. The van der Waals surface area contributed by atoms with Crippen LogP contribution in [-0.2, 0) is 4.74 Å². The molecule has 3 N–H and O–H groups in total. The van der Waals surface area contributed by atoms with Crippen LogP contribution < -0.4 is 5.32 Å². The highest BCUT2D eigenvalue weighted by atomic mass is 16.5. The van der Waals surface area contributed by atoms with Crippen molar-refractivity contribution >= 4 is 11.8 Å². The average Bonchev–Trinajstić information content (AvgIpc) is 2.27. The molecule has 17 heavy (non-hydrogen) atoms. The van der Waals surface area contributed by atoms with E-state index >= 15 is 0 Å². The molecule has 0 radical (unpaired) electrons. The van der Waals surface area contributed by atoms with Crippen LogP contribution in [-0.4, -0.2) is 47.5 Å². The maximum absolute atomic E-state index is 10.9. The lowest BCUT2D eigenvalue weighted by molar-refractivity contribution is 0.0696. The third kappa shape index (κ3) is 4.01. The summed E-state index contributed by atoms with van der Waals surface area (Å²) in [5.74, 6) is -0.593. The number of ether oxygens (including phenoxy) is 1. The zero-order valence-corrected chi connectivity index (χ0v) is 9.80. The summed E-state index contributed by atoms with van der Waals surface area (Å²) in [6, 6.07) is 2.60. The van der Waals surface area contributed by atoms with Gasteiger partial charge in [0.05, 0.1) is 24.8 Å². The van der Waals surface area contributed by atoms with E-state index in [9.17, 15) is 4.79 Å². The van der Waals surface area contributed by atoms with E-state index in [1.54, 1.807) is 6.92 Å². The number of aromatic carboxylic acids is 1. The van der Waals surface area contributed by atoms with Crippen molar-refractivity contribution in [3.63, 3.8) is 0 Å². The Kier molecular flexibility index (Phi) is 4.86. The molecule has 0 saturated heterocycles. The van der Waals surface area contributed by atoms with E-state index in [4.69, 9.17) is 14.9 Å². The number of anilines is 1. The van der Waals surface area contributed by atoms with Crippen LogP contribution in [0, 0.1) is 6.92 Å². The van der Waals surface area contributed by atoms with Crippen molar-refractivity contribution in [2.75, 3.05) is 25.6 Å². The Hall–Kier alpha value is -1.66. The van der Waals surface area contributed by atoms with E-state index in [1.165, 1.54) is 19.2 Å². The van der Waals surface area contributed by atoms with Crippen molar-refractivity contribution < 1.29 is 19.7 Å². The van der Waals surface area contributed by atoms with Crippen LogP contribution in [0.4, 0.5) is 5.82 Å². The van der Waals surface area contributed by atoms with E-state index in [-0.39, 0.29) is 18.2 Å². The molecule has 1 aromatic rings. The molecule has 0 saturated carbocycles. The first-order valence-electron chi connectivity index (χ1n) is 5.15. The number of hydrogen-bond acceptors (Lipinski definition) is 5. The molecular formula is C11H16N2O4. The highest BCUT2D eigenvalue weighted by Gasteiger charge is 2.10. The molecule has 0 aromatic carbocycles. The molecule has 94 valence electrons. The molecular weight excluding hydrogens is 224 g/mol. The SMILES string of the molecule is COCC(CO)Nc1cc(C(=O)O)cc(C)n1. The van der Waals surface area contributed by atoms with Crippen LogP contribution in [0.15, 0.2) is 12.1 Å². The van der Waals surface area contributed by atoms with Gasteiger partial charge in [-0.25, -0.2) is 9.78 Å². The number of nitrogens with zero attached hydrogens (tertiary/aromatic N) is 1. The predicted octanol–water partition coefficient (Wildman–Crippen LogP) is 0.507. The number of carbonyl (C=O) groups is 1. The van der Waals surface area contributed by atoms with Gasteiger partial charge in [0.15, 0.2) is 0 Å². The zero-order chi connectivity index (χ0) is 12.8. The van der Waals surface area contributed by atoms with Crippen molar-refractivity contribution in [3.05, 3.63) is 23.4 Å². The first-order chi connectivity index (χ1) is 8.06. The van der Waals surface area contributed by atoms with E-state index in [0.717, 1.165) is 0 Å². The molecule has 0 aliphatic carbocycles. The second kappa shape index (κ2) is 6.17. The van der Waals surface area contributed by atoms with Gasteiger partial charge in [0.1, 0.15) is 5.82 Å². The lowest BCUT2D eigenvalue weighted by atomic mass is 10.2. The number of aryl methyl sites for hydroxylation is 1. The topological polar surface area (TPSA) is 91.7 Å². The highest BCUT2D eigenvalue weighted by Crippen LogP contribution is 2.11. The number of methoxy groups -OCH3 is 1. The number of rotatable bonds is 6. The molecule has 1 aromatic heterocycles. The first-order valence-corrected chi connectivity index (χ1v) is 5.15. The molecule has 0 aliphatic heterocycles. The van der Waals surface area contributed by atoms with Crippen molar-refractivity contribution in [2.24, 2.45) is 0 Å². The zero-order valence-electron chi connectivity index (χ0n) is 9.80. The predicted molar refractivity (Wildman–Crippen MR) is 62.3 cm³/mol. The van der Waals surface area contributed by atoms with Crippen molar-refractivity contribution in [3.8, 4) is 0 Å². The summed E-state index contributed by atoms with van der Waals surface area (Å²) in [5.41, 5.74) is 0.760. The molecule has 6 nitrogen and oxygen atoms in total. The van der Waals surface area contributed by atoms with Crippen LogP contribution in [0.25, 0.3) is 0 Å². The van der Waals surface area contributed by atoms with Gasteiger partial charge in [-0.1, -0.05) is 0 Å². The van der Waals surface area contributed by atoms with Crippen LogP contribution >= 0.6 is 0 Å². The fraction of sp³-hybridized carbons (Fsp3) is 0.455. The third-order valence-electron chi connectivity index (χ3n) is 2.14. The van der Waals surface area contributed by atoms with Gasteiger partial charge >= 0.3 is 5.97 Å². The van der Waals surface area contributed by atoms with E-state index in [0.29, 0.717) is 18.1 Å². The minimum Gasteiger partial charge on any atom is -0.478 e. The van der Waals surface area contributed by atoms with Gasteiger partial charge < -0.3 is 20.3 Å². The van der Waals surface area contributed by atoms with Crippen LogP contribution in [0.1, 0.15) is 16.1 Å². The highest BCUT2D eigenvalue weighted by molar-refractivity contribution is 5.88. The summed E-state index contributed by atoms with van der Waals surface area (Å²) < 4.78 is 4.91. The summed E-state index contributed by atoms with van der Waals surface area (Å²) in [7, 11) is 1.52. The molecule has 1 atom stereocenters.